The van der Waals surface area contributed by atoms with Gasteiger partial charge in [0.2, 0.25) is 0 Å². The van der Waals surface area contributed by atoms with Crippen LogP contribution in [0.2, 0.25) is 0 Å². The van der Waals surface area contributed by atoms with Crippen molar-refractivity contribution >= 4 is 32.6 Å². The van der Waals surface area contributed by atoms with Gasteiger partial charge in [-0.1, -0.05) is 200 Å². The van der Waals surface area contributed by atoms with Crippen LogP contribution in [0.3, 0.4) is 0 Å². The van der Waals surface area contributed by atoms with Crippen molar-refractivity contribution in [3.63, 3.8) is 0 Å². The van der Waals surface area contributed by atoms with Crippen LogP contribution in [0.25, 0.3) is 111 Å². The van der Waals surface area contributed by atoms with Crippen molar-refractivity contribution in [1.29, 1.82) is 0 Å². The molecule has 0 saturated carbocycles. The molecule has 0 radical (unpaired) electrons. The van der Waals surface area contributed by atoms with E-state index in [9.17, 15) is 0 Å². The van der Waals surface area contributed by atoms with Crippen LogP contribution in [0, 0.1) is 0 Å². The Hall–Kier alpha value is -8.53. The molecule has 0 bridgehead atoms. The van der Waals surface area contributed by atoms with Crippen LogP contribution in [0.15, 0.2) is 249 Å². The van der Waals surface area contributed by atoms with Crippen LogP contribution in [0.4, 0.5) is 0 Å². The van der Waals surface area contributed by atoms with Crippen molar-refractivity contribution in [2.45, 2.75) is 0 Å². The standard InChI is InChI=1S/C61H41N3/c1-4-19-44(20-5-1)60-59(48-33-32-42-18-10-11-23-46(42)40-48)61(45-21-6-2-7-22-45)64(62-60)50-37-34-43(35-38-50)51-26-12-14-28-53(51)54-29-15-13-27-52(54)47-36-39-58-56(41-47)55-30-16-17-31-57(55)63(58)49-24-8-3-9-25-49/h1-41H. The third-order valence-corrected chi connectivity index (χ3v) is 12.6. The molecule has 64 heavy (non-hydrogen) atoms. The Labute approximate surface area is 372 Å². The molecule has 3 nitrogen and oxygen atoms in total. The van der Waals surface area contributed by atoms with Gasteiger partial charge in [-0.15, -0.1) is 0 Å². The highest BCUT2D eigenvalue weighted by atomic mass is 15.3. The van der Waals surface area contributed by atoms with Crippen LogP contribution in [-0.2, 0) is 0 Å². The van der Waals surface area contributed by atoms with E-state index in [4.69, 9.17) is 5.10 Å². The Morgan fingerprint density at radius 2 is 0.828 bits per heavy atom. The smallest absolute Gasteiger partial charge is 0.101 e. The summed E-state index contributed by atoms with van der Waals surface area (Å²) in [6.07, 6.45) is 0. The number of aromatic nitrogens is 3. The lowest BCUT2D eigenvalue weighted by Crippen LogP contribution is -2.00. The average Bonchev–Trinajstić information content (AvgIpc) is 3.94. The highest BCUT2D eigenvalue weighted by Gasteiger charge is 2.24. The fraction of sp³-hybridized carbons (Fsp3) is 0. The minimum absolute atomic E-state index is 0.948. The predicted octanol–water partition coefficient (Wildman–Crippen LogP) is 16.1. The first-order valence-corrected chi connectivity index (χ1v) is 21.9. The molecule has 0 aliphatic rings. The second-order valence-electron chi connectivity index (χ2n) is 16.3. The minimum Gasteiger partial charge on any atom is -0.309 e. The third-order valence-electron chi connectivity index (χ3n) is 12.6. The van der Waals surface area contributed by atoms with Gasteiger partial charge < -0.3 is 4.57 Å². The molecule has 0 atom stereocenters. The largest absolute Gasteiger partial charge is 0.309 e. The zero-order chi connectivity index (χ0) is 42.4. The zero-order valence-corrected chi connectivity index (χ0v) is 35.0. The number of fused-ring (bicyclic) bond motifs is 4. The molecule has 0 N–H and O–H groups in total. The van der Waals surface area contributed by atoms with Crippen molar-refractivity contribution < 1.29 is 0 Å². The lowest BCUT2D eigenvalue weighted by atomic mass is 9.89. The maximum atomic E-state index is 5.47. The van der Waals surface area contributed by atoms with Crippen LogP contribution >= 0.6 is 0 Å². The first-order valence-electron chi connectivity index (χ1n) is 21.9. The van der Waals surface area contributed by atoms with E-state index in [0.29, 0.717) is 0 Å². The molecule has 0 aliphatic heterocycles. The first kappa shape index (κ1) is 37.2. The summed E-state index contributed by atoms with van der Waals surface area (Å²) in [6, 6.07) is 89.4. The highest BCUT2D eigenvalue weighted by Crippen LogP contribution is 2.44. The number of para-hydroxylation sites is 2. The van der Waals surface area contributed by atoms with Crippen molar-refractivity contribution in [2.75, 3.05) is 0 Å². The molecular weight excluding hydrogens is 775 g/mol. The van der Waals surface area contributed by atoms with Gasteiger partial charge in [-0.25, -0.2) is 4.68 Å². The van der Waals surface area contributed by atoms with Gasteiger partial charge in [0.15, 0.2) is 0 Å². The van der Waals surface area contributed by atoms with Gasteiger partial charge in [-0.2, -0.15) is 5.10 Å². The van der Waals surface area contributed by atoms with Gasteiger partial charge in [-0.3, -0.25) is 0 Å². The molecule has 12 aromatic rings. The van der Waals surface area contributed by atoms with E-state index in [0.717, 1.165) is 50.6 Å². The number of benzene rings is 10. The fourth-order valence-corrected chi connectivity index (χ4v) is 9.60. The van der Waals surface area contributed by atoms with Crippen molar-refractivity contribution in [3.05, 3.63) is 249 Å². The quantitative estimate of drug-likeness (QED) is 0.150. The van der Waals surface area contributed by atoms with Gasteiger partial charge in [0, 0.05) is 33.2 Å². The molecule has 0 aliphatic carbocycles. The normalized spacial score (nSPS) is 11.4. The molecule has 0 saturated heterocycles. The second kappa shape index (κ2) is 15.7. The van der Waals surface area contributed by atoms with Gasteiger partial charge in [-0.05, 0) is 98.2 Å². The predicted molar refractivity (Wildman–Crippen MR) is 268 cm³/mol. The maximum absolute atomic E-state index is 5.47. The summed E-state index contributed by atoms with van der Waals surface area (Å²) in [7, 11) is 0. The molecule has 0 spiro atoms. The lowest BCUT2D eigenvalue weighted by molar-refractivity contribution is 0.892. The van der Waals surface area contributed by atoms with Gasteiger partial charge in [0.1, 0.15) is 5.69 Å². The summed E-state index contributed by atoms with van der Waals surface area (Å²) >= 11 is 0. The van der Waals surface area contributed by atoms with E-state index >= 15 is 0 Å². The first-order chi connectivity index (χ1) is 31.8. The topological polar surface area (TPSA) is 22.8 Å². The molecule has 2 heterocycles. The minimum atomic E-state index is 0.948. The molecule has 0 amide bonds. The summed E-state index contributed by atoms with van der Waals surface area (Å²) < 4.78 is 4.51. The van der Waals surface area contributed by atoms with Crippen LogP contribution in [-0.4, -0.2) is 14.3 Å². The van der Waals surface area contributed by atoms with E-state index in [-0.39, 0.29) is 0 Å². The van der Waals surface area contributed by atoms with Crippen LogP contribution in [0.1, 0.15) is 0 Å². The Morgan fingerprint density at radius 1 is 0.297 bits per heavy atom. The summed E-state index contributed by atoms with van der Waals surface area (Å²) in [5, 5.41) is 10.4. The van der Waals surface area contributed by atoms with Gasteiger partial charge in [0.25, 0.3) is 0 Å². The van der Waals surface area contributed by atoms with Gasteiger partial charge >= 0.3 is 0 Å². The van der Waals surface area contributed by atoms with E-state index < -0.39 is 0 Å². The summed E-state index contributed by atoms with van der Waals surface area (Å²) in [4.78, 5) is 0. The number of hydrogen-bond acceptors (Lipinski definition) is 1. The molecule has 3 heteroatoms. The Kier molecular flexibility index (Phi) is 9.16. The molecule has 0 fully saturated rings. The fourth-order valence-electron chi connectivity index (χ4n) is 9.60. The molecular formula is C61H41N3. The number of rotatable bonds is 8. The highest BCUT2D eigenvalue weighted by molar-refractivity contribution is 6.11. The monoisotopic (exact) mass is 815 g/mol. The molecule has 300 valence electrons. The second-order valence-corrected chi connectivity index (χ2v) is 16.3. The molecule has 10 aromatic carbocycles. The van der Waals surface area contributed by atoms with Gasteiger partial charge in [0.05, 0.1) is 22.4 Å². The Balaban J connectivity index is 0.978. The molecule has 12 rings (SSSR count). The van der Waals surface area contributed by atoms with E-state index in [1.807, 2.05) is 0 Å². The van der Waals surface area contributed by atoms with E-state index in [2.05, 4.69) is 258 Å². The number of hydrogen-bond donors (Lipinski definition) is 0. The van der Waals surface area contributed by atoms with Crippen molar-refractivity contribution in [2.24, 2.45) is 0 Å². The zero-order valence-electron chi connectivity index (χ0n) is 35.0. The Bertz CT molecular complexity index is 3640. The maximum Gasteiger partial charge on any atom is 0.101 e. The Morgan fingerprint density at radius 3 is 1.55 bits per heavy atom. The third kappa shape index (κ3) is 6.42. The molecule has 0 unspecified atom stereocenters. The van der Waals surface area contributed by atoms with Crippen LogP contribution in [0.5, 0.6) is 0 Å². The summed E-state index contributed by atoms with van der Waals surface area (Å²) in [5.41, 5.74) is 18.1. The number of nitrogens with zero attached hydrogens (tertiary/aromatic N) is 3. The SMILES string of the molecule is c1ccc(-c2nn(-c3ccc(-c4ccccc4-c4ccccc4-c4ccc5c(c4)c4ccccc4n5-c4ccccc4)cc3)c(-c3ccccc3)c2-c2ccc3ccccc3c2)cc1. The molecule has 2 aromatic heterocycles. The van der Waals surface area contributed by atoms with Crippen LogP contribution < -0.4 is 0 Å². The van der Waals surface area contributed by atoms with Crippen molar-refractivity contribution in [1.82, 2.24) is 14.3 Å². The lowest BCUT2D eigenvalue weighted by Gasteiger charge is -2.16. The average molecular weight is 816 g/mol. The van der Waals surface area contributed by atoms with E-state index in [1.54, 1.807) is 0 Å². The van der Waals surface area contributed by atoms with Crippen molar-refractivity contribution in [3.8, 4) is 78.4 Å². The summed E-state index contributed by atoms with van der Waals surface area (Å²) in [5.74, 6) is 0. The summed E-state index contributed by atoms with van der Waals surface area (Å²) in [6.45, 7) is 0. The van der Waals surface area contributed by atoms with E-state index in [1.165, 1.54) is 60.4 Å².